The lowest BCUT2D eigenvalue weighted by Gasteiger charge is -2.43. The van der Waals surface area contributed by atoms with Crippen LogP contribution in [0.5, 0.6) is 0 Å². The predicted octanol–water partition coefficient (Wildman–Crippen LogP) is 0.524. The first-order valence-corrected chi connectivity index (χ1v) is 5.30. The molecule has 1 saturated heterocycles. The first kappa shape index (κ1) is 9.44. The van der Waals surface area contributed by atoms with E-state index in [0.29, 0.717) is 18.6 Å². The van der Waals surface area contributed by atoms with Gasteiger partial charge in [-0.25, -0.2) is 0 Å². The second-order valence-electron chi connectivity index (χ2n) is 4.20. The lowest BCUT2D eigenvalue weighted by atomic mass is 9.78. The van der Waals surface area contributed by atoms with Crippen LogP contribution in [0.25, 0.3) is 0 Å². The summed E-state index contributed by atoms with van der Waals surface area (Å²) in [5, 5.41) is 12.9. The van der Waals surface area contributed by atoms with Crippen molar-refractivity contribution in [2.75, 3.05) is 13.7 Å². The highest BCUT2D eigenvalue weighted by atomic mass is 16.5. The highest BCUT2D eigenvalue weighted by Gasteiger charge is 2.39. The molecule has 3 nitrogen and oxygen atoms in total. The Labute approximate surface area is 79.5 Å². The lowest BCUT2D eigenvalue weighted by molar-refractivity contribution is -0.121. The van der Waals surface area contributed by atoms with Gasteiger partial charge in [-0.3, -0.25) is 0 Å². The largest absolute Gasteiger partial charge is 0.389 e. The van der Waals surface area contributed by atoms with Crippen LogP contribution >= 0.6 is 0 Å². The third-order valence-electron chi connectivity index (χ3n) is 3.44. The Bertz CT molecular complexity index is 174. The number of hydrogen-bond acceptors (Lipinski definition) is 3. The molecule has 76 valence electrons. The molecule has 2 unspecified atom stereocenters. The summed E-state index contributed by atoms with van der Waals surface area (Å²) < 4.78 is 5.64. The Balaban J connectivity index is 2.04. The van der Waals surface area contributed by atoms with Gasteiger partial charge < -0.3 is 15.2 Å². The van der Waals surface area contributed by atoms with E-state index in [1.54, 1.807) is 0 Å². The molecule has 0 bridgehead atoms. The summed E-state index contributed by atoms with van der Waals surface area (Å²) in [5.74, 6) is 0.530. The van der Waals surface area contributed by atoms with E-state index < -0.39 is 0 Å². The highest BCUT2D eigenvalue weighted by Crippen LogP contribution is 2.33. The summed E-state index contributed by atoms with van der Waals surface area (Å²) >= 11 is 0. The average molecular weight is 185 g/mol. The van der Waals surface area contributed by atoms with E-state index in [1.165, 1.54) is 25.7 Å². The number of nitrogens with one attached hydrogen (secondary N) is 1. The summed E-state index contributed by atoms with van der Waals surface area (Å²) in [4.78, 5) is 0. The fraction of sp³-hybridized carbons (Fsp3) is 1.00. The van der Waals surface area contributed by atoms with Crippen molar-refractivity contribution in [3.63, 3.8) is 0 Å². The highest BCUT2D eigenvalue weighted by molar-refractivity contribution is 4.92. The van der Waals surface area contributed by atoms with Gasteiger partial charge in [-0.1, -0.05) is 12.8 Å². The minimum absolute atomic E-state index is 0.249. The molecule has 2 aliphatic rings. The SMILES string of the molecule is CN[C@H]1C2CCCCC2OC[C@H]1O. The van der Waals surface area contributed by atoms with Gasteiger partial charge in [0.25, 0.3) is 0 Å². The Kier molecular flexibility index (Phi) is 2.86. The van der Waals surface area contributed by atoms with E-state index >= 15 is 0 Å². The molecule has 0 aromatic carbocycles. The lowest BCUT2D eigenvalue weighted by Crippen LogP contribution is -2.55. The topological polar surface area (TPSA) is 41.5 Å². The molecule has 4 atom stereocenters. The third-order valence-corrected chi connectivity index (χ3v) is 3.44. The van der Waals surface area contributed by atoms with Crippen LogP contribution in [0.3, 0.4) is 0 Å². The van der Waals surface area contributed by atoms with Gasteiger partial charge in [-0.05, 0) is 19.9 Å². The number of aliphatic hydroxyl groups excluding tert-OH is 1. The first-order chi connectivity index (χ1) is 6.33. The predicted molar refractivity (Wildman–Crippen MR) is 50.6 cm³/mol. The normalized spacial score (nSPS) is 45.7. The van der Waals surface area contributed by atoms with Gasteiger partial charge in [-0.2, -0.15) is 0 Å². The fourth-order valence-corrected chi connectivity index (χ4v) is 2.76. The number of likely N-dealkylation sites (N-methyl/N-ethyl adjacent to an activating group) is 1. The number of ether oxygens (including phenoxy) is 1. The van der Waals surface area contributed by atoms with Gasteiger partial charge in [-0.15, -0.1) is 0 Å². The molecular weight excluding hydrogens is 166 g/mol. The van der Waals surface area contributed by atoms with E-state index in [4.69, 9.17) is 4.74 Å². The van der Waals surface area contributed by atoms with Gasteiger partial charge in [0.15, 0.2) is 0 Å². The van der Waals surface area contributed by atoms with Crippen LogP contribution in [0.2, 0.25) is 0 Å². The standard InChI is InChI=1S/C10H19NO2/c1-11-10-7-4-2-3-5-9(7)13-6-8(10)12/h7-12H,2-6H2,1H3/t7?,8-,9?,10+/m1/s1. The monoisotopic (exact) mass is 185 g/mol. The Morgan fingerprint density at radius 2 is 2.08 bits per heavy atom. The molecule has 0 radical (unpaired) electrons. The van der Waals surface area contributed by atoms with Crippen molar-refractivity contribution in [1.82, 2.24) is 5.32 Å². The van der Waals surface area contributed by atoms with Crippen LogP contribution in [0, 0.1) is 5.92 Å². The Morgan fingerprint density at radius 1 is 1.31 bits per heavy atom. The van der Waals surface area contributed by atoms with Crippen molar-refractivity contribution in [3.8, 4) is 0 Å². The van der Waals surface area contributed by atoms with Gasteiger partial charge in [0, 0.05) is 12.0 Å². The molecule has 1 heterocycles. The first-order valence-electron chi connectivity index (χ1n) is 5.30. The molecule has 0 amide bonds. The molecule has 0 aromatic heterocycles. The van der Waals surface area contributed by atoms with Crippen LogP contribution in [-0.4, -0.2) is 37.0 Å². The van der Waals surface area contributed by atoms with Crippen molar-refractivity contribution in [1.29, 1.82) is 0 Å². The zero-order valence-electron chi connectivity index (χ0n) is 8.20. The summed E-state index contributed by atoms with van der Waals surface area (Å²) in [6.07, 6.45) is 5.03. The van der Waals surface area contributed by atoms with Crippen LogP contribution in [0.4, 0.5) is 0 Å². The van der Waals surface area contributed by atoms with Crippen LogP contribution in [0.1, 0.15) is 25.7 Å². The van der Waals surface area contributed by atoms with Crippen molar-refractivity contribution in [2.24, 2.45) is 5.92 Å². The molecule has 1 aliphatic heterocycles. The minimum Gasteiger partial charge on any atom is -0.389 e. The van der Waals surface area contributed by atoms with Gasteiger partial charge in [0.2, 0.25) is 0 Å². The number of fused-ring (bicyclic) bond motifs is 1. The second kappa shape index (κ2) is 3.95. The fourth-order valence-electron chi connectivity index (χ4n) is 2.76. The van der Waals surface area contributed by atoms with E-state index in [9.17, 15) is 5.11 Å². The molecule has 2 rings (SSSR count). The summed E-state index contributed by atoms with van der Waals surface area (Å²) in [5.41, 5.74) is 0. The van der Waals surface area contributed by atoms with E-state index in [1.807, 2.05) is 7.05 Å². The van der Waals surface area contributed by atoms with Crippen molar-refractivity contribution >= 4 is 0 Å². The molecular formula is C10H19NO2. The van der Waals surface area contributed by atoms with Crippen LogP contribution in [-0.2, 0) is 4.74 Å². The summed E-state index contributed by atoms with van der Waals surface area (Å²) in [6, 6.07) is 0.249. The molecule has 2 N–H and O–H groups in total. The Morgan fingerprint density at radius 3 is 2.85 bits per heavy atom. The van der Waals surface area contributed by atoms with Crippen LogP contribution in [0.15, 0.2) is 0 Å². The zero-order valence-corrected chi connectivity index (χ0v) is 8.20. The van der Waals surface area contributed by atoms with Gasteiger partial charge in [0.1, 0.15) is 0 Å². The van der Waals surface area contributed by atoms with Crippen molar-refractivity contribution in [2.45, 2.75) is 43.9 Å². The molecule has 2 fully saturated rings. The smallest absolute Gasteiger partial charge is 0.0929 e. The van der Waals surface area contributed by atoms with E-state index in [2.05, 4.69) is 5.32 Å². The number of aliphatic hydroxyl groups is 1. The van der Waals surface area contributed by atoms with Gasteiger partial charge >= 0.3 is 0 Å². The molecule has 3 heteroatoms. The van der Waals surface area contributed by atoms with Gasteiger partial charge in [0.05, 0.1) is 18.8 Å². The van der Waals surface area contributed by atoms with E-state index in [-0.39, 0.29) is 12.1 Å². The second-order valence-corrected chi connectivity index (χ2v) is 4.20. The average Bonchev–Trinajstić information content (AvgIpc) is 2.18. The maximum absolute atomic E-state index is 9.72. The van der Waals surface area contributed by atoms with Crippen molar-refractivity contribution in [3.05, 3.63) is 0 Å². The molecule has 13 heavy (non-hydrogen) atoms. The summed E-state index contributed by atoms with van der Waals surface area (Å²) in [7, 11) is 1.94. The minimum atomic E-state index is -0.315. The zero-order chi connectivity index (χ0) is 9.26. The van der Waals surface area contributed by atoms with Crippen molar-refractivity contribution < 1.29 is 9.84 Å². The van der Waals surface area contributed by atoms with E-state index in [0.717, 1.165) is 0 Å². The number of rotatable bonds is 1. The summed E-state index contributed by atoms with van der Waals surface area (Å²) in [6.45, 7) is 0.507. The molecule has 1 aliphatic carbocycles. The molecule has 0 aromatic rings. The quantitative estimate of drug-likeness (QED) is 0.626. The number of hydrogen-bond donors (Lipinski definition) is 2. The maximum atomic E-state index is 9.72. The third kappa shape index (κ3) is 1.73. The molecule has 0 spiro atoms. The molecule has 1 saturated carbocycles. The maximum Gasteiger partial charge on any atom is 0.0929 e. The Hall–Kier alpha value is -0.120. The van der Waals surface area contributed by atoms with Crippen LogP contribution < -0.4 is 5.32 Å².